The van der Waals surface area contributed by atoms with E-state index in [-0.39, 0.29) is 19.3 Å². The molecule has 1 N–H and O–H groups in total. The smallest absolute Gasteiger partial charge is 0.248 e. The Morgan fingerprint density at radius 1 is 1.36 bits per heavy atom. The highest BCUT2D eigenvalue weighted by molar-refractivity contribution is 6.32. The number of rotatable bonds is 5. The maximum atomic E-state index is 12.0. The van der Waals surface area contributed by atoms with Crippen molar-refractivity contribution in [3.05, 3.63) is 53.1 Å². The number of nitrogens with zero attached hydrogens (tertiary/aromatic N) is 1. The Morgan fingerprint density at radius 2 is 2.24 bits per heavy atom. The third-order valence-electron chi connectivity index (χ3n) is 3.28. The molecule has 0 aliphatic carbocycles. The van der Waals surface area contributed by atoms with Crippen LogP contribution in [-0.4, -0.2) is 19.3 Å². The van der Waals surface area contributed by atoms with Crippen LogP contribution in [0.3, 0.4) is 0 Å². The number of nitriles is 1. The summed E-state index contributed by atoms with van der Waals surface area (Å²) in [4.78, 5) is 12.0. The van der Waals surface area contributed by atoms with E-state index in [4.69, 9.17) is 31.1 Å². The molecular formula is C18H13ClN2O4. The van der Waals surface area contributed by atoms with Gasteiger partial charge in [-0.2, -0.15) is 5.26 Å². The predicted octanol–water partition coefficient (Wildman–Crippen LogP) is 3.62. The molecule has 7 heteroatoms. The number of nitrogens with one attached hydrogen (secondary N) is 1. The monoisotopic (exact) mass is 356 g/mol. The Hall–Kier alpha value is -3.17. The van der Waals surface area contributed by atoms with Crippen LogP contribution in [0.15, 0.2) is 42.5 Å². The summed E-state index contributed by atoms with van der Waals surface area (Å²) in [7, 11) is 0. The van der Waals surface area contributed by atoms with Crippen molar-refractivity contribution < 1.29 is 19.0 Å². The average Bonchev–Trinajstić information content (AvgIpc) is 3.08. The molecule has 25 heavy (non-hydrogen) atoms. The normalized spacial score (nSPS) is 12.0. The molecule has 1 aliphatic heterocycles. The van der Waals surface area contributed by atoms with Gasteiger partial charge in [-0.25, -0.2) is 0 Å². The lowest BCUT2D eigenvalue weighted by molar-refractivity contribution is -0.111. The van der Waals surface area contributed by atoms with E-state index in [9.17, 15) is 4.79 Å². The SMILES string of the molecule is N#CCOc1cccc(NC(=O)/C=C/c2cc(Cl)c3c(c2)OCO3)c1. The second-order valence-corrected chi connectivity index (χ2v) is 5.44. The maximum Gasteiger partial charge on any atom is 0.248 e. The number of hydrogen-bond donors (Lipinski definition) is 1. The Kier molecular flexibility index (Phi) is 5.07. The molecule has 1 aliphatic rings. The lowest BCUT2D eigenvalue weighted by Gasteiger charge is -2.05. The van der Waals surface area contributed by atoms with Crippen LogP contribution in [0.4, 0.5) is 5.69 Å². The number of carbonyl (C=O) groups is 1. The third-order valence-corrected chi connectivity index (χ3v) is 3.56. The van der Waals surface area contributed by atoms with Crippen LogP contribution in [0.5, 0.6) is 17.2 Å². The number of amides is 1. The number of fused-ring (bicyclic) bond motifs is 1. The minimum atomic E-state index is -0.314. The van der Waals surface area contributed by atoms with E-state index in [2.05, 4.69) is 5.32 Å². The number of benzene rings is 2. The average molecular weight is 357 g/mol. The van der Waals surface area contributed by atoms with Crippen LogP contribution >= 0.6 is 11.6 Å². The highest BCUT2D eigenvalue weighted by atomic mass is 35.5. The Bertz CT molecular complexity index is 874. The summed E-state index contributed by atoms with van der Waals surface area (Å²) in [6.07, 6.45) is 3.01. The van der Waals surface area contributed by atoms with Crippen molar-refractivity contribution in [2.24, 2.45) is 0 Å². The molecule has 1 heterocycles. The molecule has 1 amide bonds. The van der Waals surface area contributed by atoms with Crippen LogP contribution in [0.25, 0.3) is 6.08 Å². The third kappa shape index (κ3) is 4.22. The van der Waals surface area contributed by atoms with Crippen LogP contribution in [-0.2, 0) is 4.79 Å². The van der Waals surface area contributed by atoms with Gasteiger partial charge in [-0.3, -0.25) is 4.79 Å². The fraction of sp³-hybridized carbons (Fsp3) is 0.111. The fourth-order valence-electron chi connectivity index (χ4n) is 2.22. The van der Waals surface area contributed by atoms with Crippen molar-refractivity contribution in [2.45, 2.75) is 0 Å². The van der Waals surface area contributed by atoms with Crippen molar-refractivity contribution in [1.82, 2.24) is 0 Å². The predicted molar refractivity (Wildman–Crippen MR) is 92.8 cm³/mol. The summed E-state index contributed by atoms with van der Waals surface area (Å²) < 4.78 is 15.7. The quantitative estimate of drug-likeness (QED) is 0.827. The van der Waals surface area contributed by atoms with Gasteiger partial charge in [0.2, 0.25) is 12.7 Å². The van der Waals surface area contributed by atoms with Crippen molar-refractivity contribution in [2.75, 3.05) is 18.7 Å². The zero-order valence-electron chi connectivity index (χ0n) is 13.0. The van der Waals surface area contributed by atoms with E-state index >= 15 is 0 Å². The van der Waals surface area contributed by atoms with Crippen molar-refractivity contribution in [3.63, 3.8) is 0 Å². The molecule has 0 aromatic heterocycles. The number of carbonyl (C=O) groups excluding carboxylic acids is 1. The second kappa shape index (κ2) is 7.60. The Labute approximate surface area is 149 Å². The molecule has 0 bridgehead atoms. The van der Waals surface area contributed by atoms with E-state index in [0.717, 1.165) is 5.56 Å². The maximum absolute atomic E-state index is 12.0. The number of halogens is 1. The van der Waals surface area contributed by atoms with Crippen LogP contribution in [0, 0.1) is 11.3 Å². The van der Waals surface area contributed by atoms with Gasteiger partial charge in [-0.05, 0) is 35.9 Å². The van der Waals surface area contributed by atoms with Gasteiger partial charge in [0.25, 0.3) is 0 Å². The van der Waals surface area contributed by atoms with Crippen molar-refractivity contribution in [1.29, 1.82) is 5.26 Å². The van der Waals surface area contributed by atoms with Crippen LogP contribution in [0.2, 0.25) is 5.02 Å². The minimum absolute atomic E-state index is 0.0534. The molecule has 0 atom stereocenters. The molecule has 0 saturated carbocycles. The minimum Gasteiger partial charge on any atom is -0.479 e. The molecule has 2 aromatic rings. The zero-order valence-corrected chi connectivity index (χ0v) is 13.7. The van der Waals surface area contributed by atoms with Gasteiger partial charge in [-0.15, -0.1) is 0 Å². The van der Waals surface area contributed by atoms with Crippen molar-refractivity contribution in [3.8, 4) is 23.3 Å². The van der Waals surface area contributed by atoms with Crippen molar-refractivity contribution >= 4 is 29.3 Å². The van der Waals surface area contributed by atoms with E-state index in [1.807, 2.05) is 6.07 Å². The van der Waals surface area contributed by atoms with Gasteiger partial charge in [-0.1, -0.05) is 17.7 Å². The van der Waals surface area contributed by atoms with E-state index in [0.29, 0.717) is 28.0 Å². The second-order valence-electron chi connectivity index (χ2n) is 5.03. The van der Waals surface area contributed by atoms with Gasteiger partial charge in [0.15, 0.2) is 18.1 Å². The highest BCUT2D eigenvalue weighted by Gasteiger charge is 2.17. The topological polar surface area (TPSA) is 80.6 Å². The van der Waals surface area contributed by atoms with E-state index in [1.54, 1.807) is 42.5 Å². The summed E-state index contributed by atoms with van der Waals surface area (Å²) in [5.74, 6) is 1.25. The van der Waals surface area contributed by atoms with Crippen LogP contribution in [0.1, 0.15) is 5.56 Å². The first-order valence-corrected chi connectivity index (χ1v) is 7.71. The summed E-state index contributed by atoms with van der Waals surface area (Å²) in [5, 5.41) is 11.7. The lowest BCUT2D eigenvalue weighted by atomic mass is 10.2. The first kappa shape index (κ1) is 16.7. The first-order chi connectivity index (χ1) is 12.2. The molecular weight excluding hydrogens is 344 g/mol. The van der Waals surface area contributed by atoms with Gasteiger partial charge >= 0.3 is 0 Å². The number of anilines is 1. The summed E-state index contributed by atoms with van der Waals surface area (Å²) in [5.41, 5.74) is 1.28. The molecule has 0 unspecified atom stereocenters. The number of hydrogen-bond acceptors (Lipinski definition) is 5. The molecule has 0 fully saturated rings. The highest BCUT2D eigenvalue weighted by Crippen LogP contribution is 2.40. The molecule has 3 rings (SSSR count). The Balaban J connectivity index is 1.66. The standard InChI is InChI=1S/C18H13ClN2O4/c19-15-8-12(9-16-18(15)25-11-24-16)4-5-17(22)21-13-2-1-3-14(10-13)23-7-6-20/h1-5,8-10H,7,11H2,(H,21,22)/b5-4+. The molecule has 0 radical (unpaired) electrons. The molecule has 2 aromatic carbocycles. The largest absolute Gasteiger partial charge is 0.479 e. The number of ether oxygens (including phenoxy) is 3. The Morgan fingerprint density at radius 3 is 3.08 bits per heavy atom. The van der Waals surface area contributed by atoms with E-state index in [1.165, 1.54) is 6.08 Å². The lowest BCUT2D eigenvalue weighted by Crippen LogP contribution is -2.07. The summed E-state index contributed by atoms with van der Waals surface area (Å²) in [6.45, 7) is 0.0785. The fourth-order valence-corrected chi connectivity index (χ4v) is 2.49. The van der Waals surface area contributed by atoms with Gasteiger partial charge in [0, 0.05) is 17.8 Å². The van der Waals surface area contributed by atoms with Gasteiger partial charge in [0.1, 0.15) is 11.8 Å². The summed E-state index contributed by atoms with van der Waals surface area (Å²) in [6, 6.07) is 12.1. The van der Waals surface area contributed by atoms with Gasteiger partial charge in [0.05, 0.1) is 5.02 Å². The molecule has 0 saturated heterocycles. The summed E-state index contributed by atoms with van der Waals surface area (Å²) >= 11 is 6.10. The first-order valence-electron chi connectivity index (χ1n) is 7.34. The molecule has 0 spiro atoms. The van der Waals surface area contributed by atoms with E-state index < -0.39 is 0 Å². The zero-order chi connectivity index (χ0) is 17.6. The van der Waals surface area contributed by atoms with Crippen LogP contribution < -0.4 is 19.5 Å². The van der Waals surface area contributed by atoms with Gasteiger partial charge < -0.3 is 19.5 Å². The molecule has 126 valence electrons. The molecule has 6 nitrogen and oxygen atoms in total.